The van der Waals surface area contributed by atoms with E-state index in [1.165, 1.54) is 0 Å². The van der Waals surface area contributed by atoms with Gasteiger partial charge >= 0.3 is 0 Å². The topological polar surface area (TPSA) is 72.6 Å². The fourth-order valence-electron chi connectivity index (χ4n) is 3.42. The Balaban J connectivity index is 2.51. The lowest BCUT2D eigenvalue weighted by atomic mass is 10.0. The van der Waals surface area contributed by atoms with Crippen LogP contribution in [-0.2, 0) is 14.8 Å². The molecule has 2 unspecified atom stereocenters. The summed E-state index contributed by atoms with van der Waals surface area (Å²) in [6.45, 7) is 8.44. The number of ether oxygens (including phenoxy) is 1. The van der Waals surface area contributed by atoms with Gasteiger partial charge in [-0.15, -0.1) is 0 Å². The van der Waals surface area contributed by atoms with E-state index in [1.807, 2.05) is 33.8 Å². The van der Waals surface area contributed by atoms with Crippen molar-refractivity contribution < 1.29 is 13.2 Å². The molecule has 1 aliphatic heterocycles. The maximum Gasteiger partial charge on any atom is 0.243 e. The van der Waals surface area contributed by atoms with E-state index >= 15 is 0 Å². The first kappa shape index (κ1) is 18.4. The number of sulfonamides is 1. The molecule has 0 amide bonds. The fraction of sp³-hybridized carbons (Fsp3) is 0.647. The Labute approximate surface area is 139 Å². The number of benzene rings is 1. The number of hydrogen-bond acceptors (Lipinski definition) is 4. The van der Waals surface area contributed by atoms with Gasteiger partial charge in [-0.2, -0.15) is 4.31 Å². The Morgan fingerprint density at radius 3 is 2.26 bits per heavy atom. The summed E-state index contributed by atoms with van der Waals surface area (Å²) in [7, 11) is -1.90. The molecule has 5 nitrogen and oxygen atoms in total. The maximum atomic E-state index is 13.3. The third kappa shape index (κ3) is 3.31. The molecule has 0 saturated carbocycles. The SMILES string of the molecule is COC1CCN(S(=O)(=O)c2c(C)c(C)cc(C)c2C)C(CN)C1. The largest absolute Gasteiger partial charge is 0.381 e. The van der Waals surface area contributed by atoms with Crippen LogP contribution in [0, 0.1) is 27.7 Å². The van der Waals surface area contributed by atoms with Gasteiger partial charge in [0.25, 0.3) is 0 Å². The van der Waals surface area contributed by atoms with Crippen molar-refractivity contribution in [1.82, 2.24) is 4.31 Å². The van der Waals surface area contributed by atoms with Crippen molar-refractivity contribution in [3.05, 3.63) is 28.3 Å². The number of methoxy groups -OCH3 is 1. The fourth-order valence-corrected chi connectivity index (χ4v) is 5.66. The zero-order valence-electron chi connectivity index (χ0n) is 14.7. The van der Waals surface area contributed by atoms with E-state index in [9.17, 15) is 8.42 Å². The Bertz CT molecular complexity index is 659. The highest BCUT2D eigenvalue weighted by Crippen LogP contribution is 2.32. The molecule has 2 atom stereocenters. The first-order valence-corrected chi connectivity index (χ1v) is 9.50. The molecule has 130 valence electrons. The van der Waals surface area contributed by atoms with Crippen LogP contribution < -0.4 is 5.73 Å². The minimum atomic E-state index is -3.56. The molecule has 1 aromatic rings. The number of nitrogens with zero attached hydrogens (tertiary/aromatic N) is 1. The molecule has 2 rings (SSSR count). The van der Waals surface area contributed by atoms with E-state index in [4.69, 9.17) is 10.5 Å². The van der Waals surface area contributed by atoms with Crippen molar-refractivity contribution in [1.29, 1.82) is 0 Å². The molecule has 23 heavy (non-hydrogen) atoms. The average Bonchev–Trinajstić information content (AvgIpc) is 2.52. The molecule has 0 bridgehead atoms. The van der Waals surface area contributed by atoms with E-state index < -0.39 is 10.0 Å². The van der Waals surface area contributed by atoms with Crippen molar-refractivity contribution >= 4 is 10.0 Å². The third-order valence-corrected chi connectivity index (χ3v) is 7.31. The Hall–Kier alpha value is -0.950. The maximum absolute atomic E-state index is 13.3. The number of piperidine rings is 1. The molecule has 2 N–H and O–H groups in total. The van der Waals surface area contributed by atoms with Gasteiger partial charge in [0, 0.05) is 26.2 Å². The van der Waals surface area contributed by atoms with Crippen molar-refractivity contribution in [2.75, 3.05) is 20.2 Å². The van der Waals surface area contributed by atoms with Crippen LogP contribution in [0.5, 0.6) is 0 Å². The number of hydrogen-bond donors (Lipinski definition) is 1. The summed E-state index contributed by atoms with van der Waals surface area (Å²) in [5.74, 6) is 0. The molecular formula is C17H28N2O3S. The smallest absolute Gasteiger partial charge is 0.243 e. The molecule has 6 heteroatoms. The quantitative estimate of drug-likeness (QED) is 0.910. The first-order chi connectivity index (χ1) is 10.7. The van der Waals surface area contributed by atoms with Gasteiger partial charge in [-0.3, -0.25) is 0 Å². The van der Waals surface area contributed by atoms with Crippen LogP contribution in [0.1, 0.15) is 35.1 Å². The predicted molar refractivity (Wildman–Crippen MR) is 92.2 cm³/mol. The van der Waals surface area contributed by atoms with Gasteiger partial charge in [-0.25, -0.2) is 8.42 Å². The molecule has 0 spiro atoms. The predicted octanol–water partition coefficient (Wildman–Crippen LogP) is 2.05. The molecular weight excluding hydrogens is 312 g/mol. The van der Waals surface area contributed by atoms with E-state index in [2.05, 4.69) is 0 Å². The van der Waals surface area contributed by atoms with Crippen LogP contribution in [0.3, 0.4) is 0 Å². The Morgan fingerprint density at radius 2 is 1.78 bits per heavy atom. The zero-order valence-corrected chi connectivity index (χ0v) is 15.5. The summed E-state index contributed by atoms with van der Waals surface area (Å²) < 4.78 is 33.6. The summed E-state index contributed by atoms with van der Waals surface area (Å²) in [5.41, 5.74) is 9.53. The summed E-state index contributed by atoms with van der Waals surface area (Å²) in [5, 5.41) is 0. The van der Waals surface area contributed by atoms with Crippen LogP contribution in [-0.4, -0.2) is 45.1 Å². The van der Waals surface area contributed by atoms with Gasteiger partial charge in [0.15, 0.2) is 0 Å². The van der Waals surface area contributed by atoms with Gasteiger partial charge in [0.2, 0.25) is 10.0 Å². The highest BCUT2D eigenvalue weighted by molar-refractivity contribution is 7.89. The van der Waals surface area contributed by atoms with Crippen LogP contribution in [0.2, 0.25) is 0 Å². The summed E-state index contributed by atoms with van der Waals surface area (Å²) >= 11 is 0. The van der Waals surface area contributed by atoms with Crippen molar-refractivity contribution in [3.63, 3.8) is 0 Å². The Kier molecular flexibility index (Phi) is 5.51. The summed E-state index contributed by atoms with van der Waals surface area (Å²) in [4.78, 5) is 0.448. The van der Waals surface area contributed by atoms with Crippen LogP contribution in [0.15, 0.2) is 11.0 Å². The van der Waals surface area contributed by atoms with Gasteiger partial charge in [-0.05, 0) is 62.8 Å². The normalized spacial score (nSPS) is 23.2. The van der Waals surface area contributed by atoms with Crippen molar-refractivity contribution in [2.45, 2.75) is 57.6 Å². The molecule has 1 heterocycles. The van der Waals surface area contributed by atoms with Gasteiger partial charge < -0.3 is 10.5 Å². The second-order valence-electron chi connectivity index (χ2n) is 6.48. The van der Waals surface area contributed by atoms with E-state index in [0.717, 1.165) is 22.3 Å². The molecule has 0 radical (unpaired) electrons. The molecule has 1 fully saturated rings. The van der Waals surface area contributed by atoms with Gasteiger partial charge in [0.1, 0.15) is 0 Å². The lowest BCUT2D eigenvalue weighted by molar-refractivity contribution is 0.0401. The second kappa shape index (κ2) is 6.89. The third-order valence-electron chi connectivity index (χ3n) is 5.08. The van der Waals surface area contributed by atoms with Gasteiger partial charge in [-0.1, -0.05) is 6.07 Å². The second-order valence-corrected chi connectivity index (χ2v) is 8.30. The minimum Gasteiger partial charge on any atom is -0.381 e. The van der Waals surface area contributed by atoms with Crippen LogP contribution >= 0.6 is 0 Å². The highest BCUT2D eigenvalue weighted by atomic mass is 32.2. The Morgan fingerprint density at radius 1 is 1.22 bits per heavy atom. The van der Waals surface area contributed by atoms with Crippen molar-refractivity contribution in [3.8, 4) is 0 Å². The van der Waals surface area contributed by atoms with Crippen molar-refractivity contribution in [2.24, 2.45) is 5.73 Å². The lowest BCUT2D eigenvalue weighted by Gasteiger charge is -2.38. The highest BCUT2D eigenvalue weighted by Gasteiger charge is 2.38. The molecule has 1 aliphatic rings. The number of nitrogens with two attached hydrogens (primary N) is 1. The lowest BCUT2D eigenvalue weighted by Crippen LogP contribution is -2.51. The van der Waals surface area contributed by atoms with Crippen LogP contribution in [0.25, 0.3) is 0 Å². The minimum absolute atomic E-state index is 0.0800. The number of aryl methyl sites for hydroxylation is 2. The van der Waals surface area contributed by atoms with Crippen LogP contribution in [0.4, 0.5) is 0 Å². The summed E-state index contributed by atoms with van der Waals surface area (Å²) in [6.07, 6.45) is 1.43. The molecule has 0 aromatic heterocycles. The molecule has 1 saturated heterocycles. The monoisotopic (exact) mass is 340 g/mol. The van der Waals surface area contributed by atoms with E-state index in [0.29, 0.717) is 30.8 Å². The van der Waals surface area contributed by atoms with Gasteiger partial charge in [0.05, 0.1) is 11.0 Å². The number of rotatable bonds is 4. The van der Waals surface area contributed by atoms with E-state index in [-0.39, 0.29) is 12.1 Å². The molecule has 0 aliphatic carbocycles. The summed E-state index contributed by atoms with van der Waals surface area (Å²) in [6, 6.07) is 1.83. The molecule has 1 aromatic carbocycles. The average molecular weight is 340 g/mol. The standard InChI is InChI=1S/C17H28N2O3S/c1-11-8-12(2)14(4)17(13(11)3)23(20,21)19-7-6-16(22-5)9-15(19)10-18/h8,15-16H,6-7,9-10,18H2,1-5H3. The first-order valence-electron chi connectivity index (χ1n) is 8.06. The van der Waals surface area contributed by atoms with E-state index in [1.54, 1.807) is 11.4 Å². The zero-order chi connectivity index (χ0) is 17.4.